The van der Waals surface area contributed by atoms with Gasteiger partial charge in [0.25, 0.3) is 0 Å². The Morgan fingerprint density at radius 2 is 1.27 bits per heavy atom. The van der Waals surface area contributed by atoms with Gasteiger partial charge >= 0.3 is 6.09 Å². The summed E-state index contributed by atoms with van der Waals surface area (Å²) in [7, 11) is 0. The van der Waals surface area contributed by atoms with Crippen LogP contribution in [0.3, 0.4) is 0 Å². The monoisotopic (exact) mass is 384 g/mol. The minimum Gasteiger partial charge on any atom is -0.465 e. The van der Waals surface area contributed by atoms with E-state index in [4.69, 9.17) is 19.3 Å². The maximum Gasteiger partial charge on any atom is 0.404 e. The van der Waals surface area contributed by atoms with Gasteiger partial charge in [0.1, 0.15) is 0 Å². The molecule has 0 bridgehead atoms. The van der Waals surface area contributed by atoms with Crippen molar-refractivity contribution in [1.82, 2.24) is 10.6 Å². The number of carbonyl (C=O) groups is 2. The van der Waals surface area contributed by atoms with E-state index in [9.17, 15) is 9.59 Å². The van der Waals surface area contributed by atoms with Crippen LogP contribution in [0.15, 0.2) is 0 Å². The Morgan fingerprint density at radius 1 is 0.818 bits per heavy atom. The van der Waals surface area contributed by atoms with Crippen LogP contribution in [0.4, 0.5) is 4.79 Å². The number of ether oxygens (including phenoxy) is 3. The molecule has 0 saturated carbocycles. The zero-order valence-electron chi connectivity index (χ0n) is 12.6. The smallest absolute Gasteiger partial charge is 0.404 e. The van der Waals surface area contributed by atoms with E-state index in [0.29, 0.717) is 64.5 Å². The molecule has 2 amide bonds. The standard InChI is InChI=1S/C13H25BrN2O6/c14-11-12(17)15-3-1-5-20-7-9-22-10-8-21-6-2-4-16-13(18)19/h16H,1-11H2,(H,15,17)(H,18,19). The first-order valence-corrected chi connectivity index (χ1v) is 8.31. The van der Waals surface area contributed by atoms with Crippen LogP contribution in [0.5, 0.6) is 0 Å². The Morgan fingerprint density at radius 3 is 1.73 bits per heavy atom. The average molecular weight is 385 g/mol. The van der Waals surface area contributed by atoms with Crippen LogP contribution >= 0.6 is 15.9 Å². The number of carboxylic acid groups (broad SMARTS) is 1. The lowest BCUT2D eigenvalue weighted by atomic mass is 10.4. The highest BCUT2D eigenvalue weighted by Crippen LogP contribution is 1.86. The van der Waals surface area contributed by atoms with Crippen LogP contribution < -0.4 is 10.6 Å². The van der Waals surface area contributed by atoms with Gasteiger partial charge in [-0.3, -0.25) is 4.79 Å². The molecule has 130 valence electrons. The lowest BCUT2D eigenvalue weighted by Crippen LogP contribution is -2.26. The molecule has 0 aromatic heterocycles. The number of amides is 2. The number of alkyl halides is 1. The van der Waals surface area contributed by atoms with Gasteiger partial charge in [-0.15, -0.1) is 0 Å². The van der Waals surface area contributed by atoms with Gasteiger partial charge in [0.2, 0.25) is 5.91 Å². The zero-order chi connectivity index (χ0) is 16.5. The van der Waals surface area contributed by atoms with Crippen LogP contribution in [-0.2, 0) is 19.0 Å². The second-order valence-electron chi connectivity index (χ2n) is 4.26. The molecule has 0 atom stereocenters. The Balaban J connectivity index is 3.02. The lowest BCUT2D eigenvalue weighted by molar-refractivity contribution is -0.118. The fraction of sp³-hybridized carbons (Fsp3) is 0.846. The summed E-state index contributed by atoms with van der Waals surface area (Å²) in [6.45, 7) is 4.05. The highest BCUT2D eigenvalue weighted by Gasteiger charge is 1.96. The van der Waals surface area contributed by atoms with Crippen molar-refractivity contribution in [2.45, 2.75) is 12.8 Å². The second kappa shape index (κ2) is 16.5. The quantitative estimate of drug-likeness (QED) is 0.282. The molecule has 0 spiro atoms. The van der Waals surface area contributed by atoms with Crippen molar-refractivity contribution in [3.8, 4) is 0 Å². The molecule has 0 fully saturated rings. The lowest BCUT2D eigenvalue weighted by Gasteiger charge is -2.07. The van der Waals surface area contributed by atoms with E-state index in [-0.39, 0.29) is 5.91 Å². The topological polar surface area (TPSA) is 106 Å². The predicted octanol–water partition coefficient (Wildman–Crippen LogP) is 0.595. The third-order valence-corrected chi connectivity index (χ3v) is 2.90. The van der Waals surface area contributed by atoms with Gasteiger partial charge in [-0.25, -0.2) is 4.79 Å². The third-order valence-electron chi connectivity index (χ3n) is 2.39. The van der Waals surface area contributed by atoms with Gasteiger partial charge in [-0.1, -0.05) is 15.9 Å². The summed E-state index contributed by atoms with van der Waals surface area (Å²) in [5.74, 6) is -0.0259. The first-order valence-electron chi connectivity index (χ1n) is 7.19. The van der Waals surface area contributed by atoms with Crippen LogP contribution in [0, 0.1) is 0 Å². The summed E-state index contributed by atoms with van der Waals surface area (Å²) in [5.41, 5.74) is 0. The molecule has 0 aliphatic heterocycles. The van der Waals surface area contributed by atoms with Crippen molar-refractivity contribution in [2.24, 2.45) is 0 Å². The van der Waals surface area contributed by atoms with Crippen molar-refractivity contribution >= 4 is 27.9 Å². The molecule has 0 aromatic carbocycles. The molecule has 22 heavy (non-hydrogen) atoms. The summed E-state index contributed by atoms with van der Waals surface area (Å²) in [5, 5.41) is 13.6. The number of halogens is 1. The fourth-order valence-corrected chi connectivity index (χ4v) is 1.56. The SMILES string of the molecule is O=C(O)NCCCOCCOCCOCCCNC(=O)CBr. The molecule has 0 aliphatic carbocycles. The van der Waals surface area contributed by atoms with Gasteiger partial charge in [-0.05, 0) is 12.8 Å². The third kappa shape index (κ3) is 17.2. The van der Waals surface area contributed by atoms with E-state index in [1.54, 1.807) is 0 Å². The van der Waals surface area contributed by atoms with Gasteiger partial charge in [-0.2, -0.15) is 0 Å². The van der Waals surface area contributed by atoms with Crippen LogP contribution in [0.25, 0.3) is 0 Å². The van der Waals surface area contributed by atoms with Crippen molar-refractivity contribution in [3.05, 3.63) is 0 Å². The summed E-state index contributed by atoms with van der Waals surface area (Å²) in [4.78, 5) is 21.1. The van der Waals surface area contributed by atoms with Gasteiger partial charge < -0.3 is 30.0 Å². The molecule has 0 unspecified atom stereocenters. The van der Waals surface area contributed by atoms with E-state index in [2.05, 4.69) is 26.6 Å². The molecule has 0 heterocycles. The van der Waals surface area contributed by atoms with Crippen LogP contribution in [0.2, 0.25) is 0 Å². The summed E-state index contributed by atoms with van der Waals surface area (Å²) >= 11 is 3.07. The molecule has 0 aliphatic rings. The Hall–Kier alpha value is -0.900. The molecular formula is C13H25BrN2O6. The highest BCUT2D eigenvalue weighted by atomic mass is 79.9. The Kier molecular flexibility index (Phi) is 15.8. The summed E-state index contributed by atoms with van der Waals surface area (Å²) in [6, 6.07) is 0. The van der Waals surface area contributed by atoms with E-state index >= 15 is 0 Å². The van der Waals surface area contributed by atoms with Gasteiger partial charge in [0, 0.05) is 26.3 Å². The molecule has 8 nitrogen and oxygen atoms in total. The van der Waals surface area contributed by atoms with Gasteiger partial charge in [0.05, 0.1) is 31.8 Å². The number of carbonyl (C=O) groups excluding carboxylic acids is 1. The summed E-state index contributed by atoms with van der Waals surface area (Å²) < 4.78 is 15.9. The van der Waals surface area contributed by atoms with E-state index in [1.807, 2.05) is 0 Å². The highest BCUT2D eigenvalue weighted by molar-refractivity contribution is 9.09. The normalized spacial score (nSPS) is 10.4. The second-order valence-corrected chi connectivity index (χ2v) is 4.82. The Labute approximate surface area is 139 Å². The van der Waals surface area contributed by atoms with E-state index in [1.165, 1.54) is 0 Å². The molecular weight excluding hydrogens is 360 g/mol. The molecule has 3 N–H and O–H groups in total. The predicted molar refractivity (Wildman–Crippen MR) is 84.5 cm³/mol. The first kappa shape index (κ1) is 21.1. The maximum absolute atomic E-state index is 10.9. The van der Waals surface area contributed by atoms with Crippen molar-refractivity contribution < 1.29 is 28.9 Å². The zero-order valence-corrected chi connectivity index (χ0v) is 14.2. The Bertz CT molecular complexity index is 294. The summed E-state index contributed by atoms with van der Waals surface area (Å²) in [6.07, 6.45) is 0.390. The van der Waals surface area contributed by atoms with Gasteiger partial charge in [0.15, 0.2) is 0 Å². The molecule has 9 heteroatoms. The fourth-order valence-electron chi connectivity index (χ4n) is 1.36. The largest absolute Gasteiger partial charge is 0.465 e. The number of hydrogen-bond donors (Lipinski definition) is 3. The van der Waals surface area contributed by atoms with E-state index < -0.39 is 6.09 Å². The van der Waals surface area contributed by atoms with Crippen molar-refractivity contribution in [2.75, 3.05) is 58.1 Å². The molecule has 0 rings (SSSR count). The van der Waals surface area contributed by atoms with Crippen molar-refractivity contribution in [1.29, 1.82) is 0 Å². The minimum absolute atomic E-state index is 0.0259. The maximum atomic E-state index is 10.9. The number of nitrogens with one attached hydrogen (secondary N) is 2. The van der Waals surface area contributed by atoms with E-state index in [0.717, 1.165) is 6.42 Å². The minimum atomic E-state index is -1.02. The average Bonchev–Trinajstić information content (AvgIpc) is 2.50. The first-order chi connectivity index (χ1) is 10.7. The molecule has 0 saturated heterocycles. The molecule has 0 aromatic rings. The van der Waals surface area contributed by atoms with Crippen LogP contribution in [0.1, 0.15) is 12.8 Å². The molecule has 0 radical (unpaired) electrons. The van der Waals surface area contributed by atoms with Crippen molar-refractivity contribution in [3.63, 3.8) is 0 Å². The van der Waals surface area contributed by atoms with Crippen LogP contribution in [-0.4, -0.2) is 75.2 Å². The number of rotatable bonds is 15. The number of hydrogen-bond acceptors (Lipinski definition) is 5.